The summed E-state index contributed by atoms with van der Waals surface area (Å²) in [7, 11) is 0. The summed E-state index contributed by atoms with van der Waals surface area (Å²) in [4.78, 5) is 11.8. The second-order valence-corrected chi connectivity index (χ2v) is 4.80. The lowest BCUT2D eigenvalue weighted by molar-refractivity contribution is 0.0975. The van der Waals surface area contributed by atoms with Gasteiger partial charge in [0.05, 0.1) is 0 Å². The van der Waals surface area contributed by atoms with Gasteiger partial charge >= 0.3 is 0 Å². The molecule has 0 amide bonds. The Morgan fingerprint density at radius 2 is 1.81 bits per heavy atom. The van der Waals surface area contributed by atoms with E-state index in [0.717, 1.165) is 24.8 Å². The fraction of sp³-hybridized carbons (Fsp3) is 0.533. The van der Waals surface area contributed by atoms with Crippen molar-refractivity contribution in [3.8, 4) is 0 Å². The van der Waals surface area contributed by atoms with Crippen LogP contribution >= 0.6 is 0 Å². The molecule has 0 bridgehead atoms. The van der Waals surface area contributed by atoms with Gasteiger partial charge in [0.2, 0.25) is 0 Å². The highest BCUT2D eigenvalue weighted by molar-refractivity contribution is 5.96. The van der Waals surface area contributed by atoms with Gasteiger partial charge in [0, 0.05) is 12.0 Å². The van der Waals surface area contributed by atoms with E-state index in [0.29, 0.717) is 12.3 Å². The van der Waals surface area contributed by atoms with Crippen LogP contribution in [0.3, 0.4) is 0 Å². The molecule has 0 spiro atoms. The molecule has 0 saturated carbocycles. The van der Waals surface area contributed by atoms with Crippen LogP contribution in [0.4, 0.5) is 0 Å². The zero-order valence-corrected chi connectivity index (χ0v) is 10.6. The van der Waals surface area contributed by atoms with Gasteiger partial charge in [0.1, 0.15) is 0 Å². The molecule has 0 fully saturated rings. The summed E-state index contributed by atoms with van der Waals surface area (Å²) in [6.07, 6.45) is 3.90. The Labute approximate surface area is 98.9 Å². The summed E-state index contributed by atoms with van der Waals surface area (Å²) in [5.41, 5.74) is 2.18. The first-order valence-corrected chi connectivity index (χ1v) is 6.25. The number of carbonyl (C=O) groups is 1. The van der Waals surface area contributed by atoms with Crippen molar-refractivity contribution < 1.29 is 4.79 Å². The number of ketones is 1. The molecule has 88 valence electrons. The van der Waals surface area contributed by atoms with Gasteiger partial charge in [-0.05, 0) is 24.3 Å². The highest BCUT2D eigenvalue weighted by Crippen LogP contribution is 2.12. The topological polar surface area (TPSA) is 17.1 Å². The monoisotopic (exact) mass is 218 g/mol. The van der Waals surface area contributed by atoms with E-state index < -0.39 is 0 Å². The molecule has 0 aliphatic rings. The molecule has 0 aliphatic carbocycles. The number of aryl methyl sites for hydroxylation is 1. The first-order valence-electron chi connectivity index (χ1n) is 6.25. The van der Waals surface area contributed by atoms with Crippen molar-refractivity contribution in [1.29, 1.82) is 0 Å². The minimum atomic E-state index is 0.275. The molecule has 1 heteroatoms. The van der Waals surface area contributed by atoms with Crippen molar-refractivity contribution in [1.82, 2.24) is 0 Å². The highest BCUT2D eigenvalue weighted by Gasteiger charge is 2.06. The Morgan fingerprint density at radius 3 is 2.31 bits per heavy atom. The Kier molecular flexibility index (Phi) is 5.24. The number of Topliss-reactive ketones (excluding diaryl/α,β-unsaturated/α-hetero) is 1. The predicted octanol–water partition coefficient (Wildman–Crippen LogP) is 4.26. The smallest absolute Gasteiger partial charge is 0.162 e. The number of benzene rings is 1. The van der Waals surface area contributed by atoms with Gasteiger partial charge in [-0.15, -0.1) is 0 Å². The summed E-state index contributed by atoms with van der Waals surface area (Å²) >= 11 is 0. The van der Waals surface area contributed by atoms with Gasteiger partial charge < -0.3 is 0 Å². The van der Waals surface area contributed by atoms with Crippen LogP contribution in [0, 0.1) is 5.92 Å². The molecular weight excluding hydrogens is 196 g/mol. The number of carbonyl (C=O) groups excluding carboxylic acids is 1. The molecule has 16 heavy (non-hydrogen) atoms. The van der Waals surface area contributed by atoms with Crippen LogP contribution in [-0.2, 0) is 6.42 Å². The first-order chi connectivity index (χ1) is 7.63. The minimum Gasteiger partial charge on any atom is -0.294 e. The molecule has 0 saturated heterocycles. The van der Waals surface area contributed by atoms with Crippen molar-refractivity contribution in [2.45, 2.75) is 46.5 Å². The van der Waals surface area contributed by atoms with Crippen LogP contribution in [0.25, 0.3) is 0 Å². The maximum atomic E-state index is 11.8. The molecule has 0 aromatic heterocycles. The lowest BCUT2D eigenvalue weighted by Gasteiger charge is -2.05. The minimum absolute atomic E-state index is 0.275. The molecule has 0 heterocycles. The average molecular weight is 218 g/mol. The lowest BCUT2D eigenvalue weighted by atomic mass is 10.00. The van der Waals surface area contributed by atoms with Crippen molar-refractivity contribution in [3.63, 3.8) is 0 Å². The van der Waals surface area contributed by atoms with Crippen LogP contribution in [0.15, 0.2) is 24.3 Å². The van der Waals surface area contributed by atoms with Gasteiger partial charge in [0.15, 0.2) is 5.78 Å². The normalized spacial score (nSPS) is 10.8. The zero-order valence-electron chi connectivity index (χ0n) is 10.6. The summed E-state index contributed by atoms with van der Waals surface area (Å²) in [6.45, 7) is 6.47. The van der Waals surface area contributed by atoms with Crippen molar-refractivity contribution >= 4 is 5.78 Å². The lowest BCUT2D eigenvalue weighted by Crippen LogP contribution is -2.01. The molecule has 0 aliphatic heterocycles. The third kappa shape index (κ3) is 4.18. The second kappa shape index (κ2) is 6.47. The van der Waals surface area contributed by atoms with E-state index in [1.165, 1.54) is 5.56 Å². The number of hydrogen-bond donors (Lipinski definition) is 0. The van der Waals surface area contributed by atoms with E-state index in [2.05, 4.69) is 32.9 Å². The zero-order chi connectivity index (χ0) is 12.0. The molecule has 0 unspecified atom stereocenters. The molecular formula is C15H22O. The third-order valence-electron chi connectivity index (χ3n) is 2.76. The van der Waals surface area contributed by atoms with Crippen LogP contribution in [0.5, 0.6) is 0 Å². The summed E-state index contributed by atoms with van der Waals surface area (Å²) in [5, 5.41) is 0. The maximum Gasteiger partial charge on any atom is 0.162 e. The van der Waals surface area contributed by atoms with Crippen LogP contribution in [0.2, 0.25) is 0 Å². The average Bonchev–Trinajstić information content (AvgIpc) is 2.27. The fourth-order valence-electron chi connectivity index (χ4n) is 1.71. The quantitative estimate of drug-likeness (QED) is 0.652. The fourth-order valence-corrected chi connectivity index (χ4v) is 1.71. The van der Waals surface area contributed by atoms with Crippen molar-refractivity contribution in [2.75, 3.05) is 0 Å². The molecule has 1 rings (SSSR count). The standard InChI is InChI=1S/C15H22O/c1-4-5-13-7-9-14(10-8-13)15(16)11-6-12(2)3/h7-10,12H,4-6,11H2,1-3H3. The van der Waals surface area contributed by atoms with Gasteiger partial charge in [-0.3, -0.25) is 4.79 Å². The molecule has 1 aromatic rings. The van der Waals surface area contributed by atoms with E-state index in [-0.39, 0.29) is 5.78 Å². The van der Waals surface area contributed by atoms with Crippen molar-refractivity contribution in [3.05, 3.63) is 35.4 Å². The van der Waals surface area contributed by atoms with Crippen LogP contribution in [-0.4, -0.2) is 5.78 Å². The molecule has 0 atom stereocenters. The summed E-state index contributed by atoms with van der Waals surface area (Å²) in [6, 6.07) is 8.08. The van der Waals surface area contributed by atoms with Gasteiger partial charge in [-0.2, -0.15) is 0 Å². The highest BCUT2D eigenvalue weighted by atomic mass is 16.1. The van der Waals surface area contributed by atoms with Crippen molar-refractivity contribution in [2.24, 2.45) is 5.92 Å². The Balaban J connectivity index is 2.56. The second-order valence-electron chi connectivity index (χ2n) is 4.80. The first kappa shape index (κ1) is 13.0. The maximum absolute atomic E-state index is 11.8. The van der Waals surface area contributed by atoms with E-state index in [1.54, 1.807) is 0 Å². The molecule has 0 N–H and O–H groups in total. The predicted molar refractivity (Wildman–Crippen MR) is 68.8 cm³/mol. The SMILES string of the molecule is CCCc1ccc(C(=O)CCC(C)C)cc1. The Morgan fingerprint density at radius 1 is 1.19 bits per heavy atom. The van der Waals surface area contributed by atoms with E-state index in [1.807, 2.05) is 12.1 Å². The van der Waals surface area contributed by atoms with E-state index in [4.69, 9.17) is 0 Å². The van der Waals surface area contributed by atoms with E-state index in [9.17, 15) is 4.79 Å². The summed E-state index contributed by atoms with van der Waals surface area (Å²) < 4.78 is 0. The Hall–Kier alpha value is -1.11. The van der Waals surface area contributed by atoms with Gasteiger partial charge in [-0.1, -0.05) is 51.5 Å². The number of hydrogen-bond acceptors (Lipinski definition) is 1. The molecule has 0 radical (unpaired) electrons. The Bertz CT molecular complexity index is 322. The van der Waals surface area contributed by atoms with Gasteiger partial charge in [0.25, 0.3) is 0 Å². The molecule has 1 aromatic carbocycles. The largest absolute Gasteiger partial charge is 0.294 e. The van der Waals surface area contributed by atoms with Crippen LogP contribution < -0.4 is 0 Å². The summed E-state index contributed by atoms with van der Waals surface area (Å²) in [5.74, 6) is 0.875. The van der Waals surface area contributed by atoms with Crippen LogP contribution in [0.1, 0.15) is 56.0 Å². The third-order valence-corrected chi connectivity index (χ3v) is 2.76. The molecule has 1 nitrogen and oxygen atoms in total. The van der Waals surface area contributed by atoms with Gasteiger partial charge in [-0.25, -0.2) is 0 Å². The van der Waals surface area contributed by atoms with E-state index >= 15 is 0 Å². The number of rotatable bonds is 6.